The first-order valence-corrected chi connectivity index (χ1v) is 7.99. The van der Waals surface area contributed by atoms with Crippen molar-refractivity contribution in [2.75, 3.05) is 0 Å². The van der Waals surface area contributed by atoms with E-state index in [1.165, 1.54) is 31.2 Å². The Kier molecular flexibility index (Phi) is 6.68. The molecule has 2 aromatic rings. The third-order valence-electron chi connectivity index (χ3n) is 3.46. The van der Waals surface area contributed by atoms with Gasteiger partial charge in [0.15, 0.2) is 0 Å². The number of ether oxygens (including phenoxy) is 1. The molecule has 2 N–H and O–H groups in total. The molecule has 0 aliphatic heterocycles. The third kappa shape index (κ3) is 5.90. The highest BCUT2D eigenvalue weighted by molar-refractivity contribution is 5.96. The standard InChI is InChI=1S/C20H19NO5/c1-14(22)26-17-12-10-16(11-13-17)19(23)21-18(20(24)25)9-5-8-15-6-3-2-4-7-15/h2-8,10-13,18H,9H2,1H3,(H,21,23)(H,24,25)/b8-5+/t18-/m0/s1. The fraction of sp³-hybridized carbons (Fsp3) is 0.150. The van der Waals surface area contributed by atoms with E-state index >= 15 is 0 Å². The molecule has 2 rings (SSSR count). The zero-order valence-electron chi connectivity index (χ0n) is 14.2. The van der Waals surface area contributed by atoms with E-state index in [2.05, 4.69) is 5.32 Å². The van der Waals surface area contributed by atoms with Gasteiger partial charge in [-0.25, -0.2) is 4.79 Å². The first-order chi connectivity index (χ1) is 12.5. The van der Waals surface area contributed by atoms with Crippen LogP contribution in [0.3, 0.4) is 0 Å². The lowest BCUT2D eigenvalue weighted by molar-refractivity contribution is -0.139. The maximum atomic E-state index is 12.2. The van der Waals surface area contributed by atoms with E-state index in [4.69, 9.17) is 4.74 Å². The quantitative estimate of drug-likeness (QED) is 0.590. The smallest absolute Gasteiger partial charge is 0.326 e. The monoisotopic (exact) mass is 353 g/mol. The average Bonchev–Trinajstić information content (AvgIpc) is 2.61. The van der Waals surface area contributed by atoms with E-state index in [0.717, 1.165) is 5.56 Å². The fourth-order valence-corrected chi connectivity index (χ4v) is 2.21. The topological polar surface area (TPSA) is 92.7 Å². The number of nitrogens with one attached hydrogen (secondary N) is 1. The van der Waals surface area contributed by atoms with Gasteiger partial charge in [-0.2, -0.15) is 0 Å². The van der Waals surface area contributed by atoms with Gasteiger partial charge in [0.2, 0.25) is 0 Å². The lowest BCUT2D eigenvalue weighted by Gasteiger charge is -2.13. The van der Waals surface area contributed by atoms with E-state index < -0.39 is 23.9 Å². The molecule has 134 valence electrons. The molecular weight excluding hydrogens is 334 g/mol. The van der Waals surface area contributed by atoms with Crippen LogP contribution in [-0.4, -0.2) is 29.0 Å². The van der Waals surface area contributed by atoms with Crippen molar-refractivity contribution in [3.05, 3.63) is 71.8 Å². The maximum absolute atomic E-state index is 12.2. The molecular formula is C20H19NO5. The van der Waals surface area contributed by atoms with Gasteiger partial charge in [-0.15, -0.1) is 0 Å². The summed E-state index contributed by atoms with van der Waals surface area (Å²) in [6.45, 7) is 1.28. The van der Waals surface area contributed by atoms with Crippen LogP contribution in [0.2, 0.25) is 0 Å². The SMILES string of the molecule is CC(=O)Oc1ccc(C(=O)N[C@@H](C/C=C/c2ccccc2)C(=O)O)cc1. The van der Waals surface area contributed by atoms with Gasteiger partial charge in [0.25, 0.3) is 5.91 Å². The molecule has 1 amide bonds. The molecule has 0 spiro atoms. The molecule has 0 fully saturated rings. The molecule has 1 atom stereocenters. The van der Waals surface area contributed by atoms with E-state index in [-0.39, 0.29) is 12.0 Å². The largest absolute Gasteiger partial charge is 0.480 e. The maximum Gasteiger partial charge on any atom is 0.326 e. The Morgan fingerprint density at radius 3 is 2.31 bits per heavy atom. The van der Waals surface area contributed by atoms with Crippen LogP contribution in [0.15, 0.2) is 60.7 Å². The van der Waals surface area contributed by atoms with Crippen molar-refractivity contribution < 1.29 is 24.2 Å². The number of benzene rings is 2. The summed E-state index contributed by atoms with van der Waals surface area (Å²) < 4.78 is 4.89. The van der Waals surface area contributed by atoms with Crippen LogP contribution in [-0.2, 0) is 9.59 Å². The summed E-state index contributed by atoms with van der Waals surface area (Å²) >= 11 is 0. The molecule has 6 heteroatoms. The van der Waals surface area contributed by atoms with Crippen LogP contribution < -0.4 is 10.1 Å². The van der Waals surface area contributed by atoms with Crippen molar-refractivity contribution in [2.24, 2.45) is 0 Å². The molecule has 0 heterocycles. The highest BCUT2D eigenvalue weighted by Gasteiger charge is 2.19. The lowest BCUT2D eigenvalue weighted by atomic mass is 10.1. The minimum atomic E-state index is -1.12. The van der Waals surface area contributed by atoms with Crippen LogP contribution in [0.4, 0.5) is 0 Å². The highest BCUT2D eigenvalue weighted by atomic mass is 16.5. The van der Waals surface area contributed by atoms with Gasteiger partial charge in [-0.3, -0.25) is 9.59 Å². The molecule has 0 aromatic heterocycles. The number of carbonyl (C=O) groups is 3. The van der Waals surface area contributed by atoms with Crippen molar-refractivity contribution in [2.45, 2.75) is 19.4 Å². The Morgan fingerprint density at radius 1 is 1.08 bits per heavy atom. The highest BCUT2D eigenvalue weighted by Crippen LogP contribution is 2.13. The Hall–Kier alpha value is -3.41. The van der Waals surface area contributed by atoms with Crippen molar-refractivity contribution in [3.8, 4) is 5.75 Å². The van der Waals surface area contributed by atoms with E-state index in [1.807, 2.05) is 30.3 Å². The molecule has 6 nitrogen and oxygen atoms in total. The number of hydrogen-bond donors (Lipinski definition) is 2. The van der Waals surface area contributed by atoms with Crippen molar-refractivity contribution in [1.29, 1.82) is 0 Å². The second kappa shape index (κ2) is 9.17. The number of carboxylic acid groups (broad SMARTS) is 1. The zero-order chi connectivity index (χ0) is 18.9. The lowest BCUT2D eigenvalue weighted by Crippen LogP contribution is -2.40. The number of esters is 1. The molecule has 0 saturated heterocycles. The summed E-state index contributed by atoms with van der Waals surface area (Å²) in [5, 5.41) is 11.8. The first kappa shape index (κ1) is 18.9. The van der Waals surface area contributed by atoms with Gasteiger partial charge in [-0.1, -0.05) is 42.5 Å². The number of amides is 1. The Morgan fingerprint density at radius 2 is 1.73 bits per heavy atom. The van der Waals surface area contributed by atoms with Crippen molar-refractivity contribution in [1.82, 2.24) is 5.32 Å². The average molecular weight is 353 g/mol. The molecule has 0 radical (unpaired) electrons. The van der Waals surface area contributed by atoms with Crippen LogP contribution in [0.1, 0.15) is 29.3 Å². The molecule has 26 heavy (non-hydrogen) atoms. The number of carbonyl (C=O) groups excluding carboxylic acids is 2. The predicted molar refractivity (Wildman–Crippen MR) is 96.7 cm³/mol. The molecule has 0 aliphatic rings. The van der Waals surface area contributed by atoms with Gasteiger partial charge < -0.3 is 15.2 Å². The summed E-state index contributed by atoms with van der Waals surface area (Å²) in [7, 11) is 0. The Bertz CT molecular complexity index is 797. The summed E-state index contributed by atoms with van der Waals surface area (Å²) in [5.74, 6) is -1.78. The Balaban J connectivity index is 1.98. The second-order valence-corrected chi connectivity index (χ2v) is 5.53. The summed E-state index contributed by atoms with van der Waals surface area (Å²) in [4.78, 5) is 34.5. The van der Waals surface area contributed by atoms with Crippen LogP contribution in [0.5, 0.6) is 5.75 Å². The van der Waals surface area contributed by atoms with E-state index in [9.17, 15) is 19.5 Å². The predicted octanol–water partition coefficient (Wildman–Crippen LogP) is 2.90. The molecule has 0 bridgehead atoms. The van der Waals surface area contributed by atoms with Gasteiger partial charge >= 0.3 is 11.9 Å². The molecule has 0 aliphatic carbocycles. The summed E-state index contributed by atoms with van der Waals surface area (Å²) in [6, 6.07) is 14.3. The number of aliphatic carboxylic acids is 1. The van der Waals surface area contributed by atoms with Crippen molar-refractivity contribution >= 4 is 23.9 Å². The van der Waals surface area contributed by atoms with E-state index in [0.29, 0.717) is 5.75 Å². The third-order valence-corrected chi connectivity index (χ3v) is 3.46. The minimum absolute atomic E-state index is 0.154. The minimum Gasteiger partial charge on any atom is -0.480 e. The molecule has 2 aromatic carbocycles. The van der Waals surface area contributed by atoms with E-state index in [1.54, 1.807) is 12.2 Å². The fourth-order valence-electron chi connectivity index (χ4n) is 2.21. The number of carboxylic acids is 1. The van der Waals surface area contributed by atoms with Crippen LogP contribution in [0.25, 0.3) is 6.08 Å². The number of hydrogen-bond acceptors (Lipinski definition) is 4. The van der Waals surface area contributed by atoms with Gasteiger partial charge in [0, 0.05) is 12.5 Å². The second-order valence-electron chi connectivity index (χ2n) is 5.53. The molecule has 0 unspecified atom stereocenters. The van der Waals surface area contributed by atoms with Crippen molar-refractivity contribution in [3.63, 3.8) is 0 Å². The molecule has 0 saturated carbocycles. The zero-order valence-corrected chi connectivity index (χ0v) is 14.2. The Labute approximate surface area is 151 Å². The first-order valence-electron chi connectivity index (χ1n) is 7.99. The summed E-state index contributed by atoms with van der Waals surface area (Å²) in [5.41, 5.74) is 1.23. The normalized spacial score (nSPS) is 11.7. The van der Waals surface area contributed by atoms with Crippen LogP contribution in [0, 0.1) is 0 Å². The van der Waals surface area contributed by atoms with Gasteiger partial charge in [-0.05, 0) is 36.2 Å². The van der Waals surface area contributed by atoms with Crippen LogP contribution >= 0.6 is 0 Å². The van der Waals surface area contributed by atoms with Gasteiger partial charge in [0.05, 0.1) is 0 Å². The number of rotatable bonds is 7. The summed E-state index contributed by atoms with van der Waals surface area (Å²) in [6.07, 6.45) is 3.66. The van der Waals surface area contributed by atoms with Gasteiger partial charge in [0.1, 0.15) is 11.8 Å².